The summed E-state index contributed by atoms with van der Waals surface area (Å²) in [6.07, 6.45) is 7.98. The Morgan fingerprint density at radius 1 is 1.12 bits per heavy atom. The number of hydrogen-bond acceptors (Lipinski definition) is 5. The minimum atomic E-state index is 0.0300. The standard InChI is InChI=1S/C28H35ClN2O2S/c1-33-22-10-11-27-25(19-22)24(26(29)20-30-27)9-5-12-28(21-32)13-16-31(17-14-28)15-6-18-34-23-7-3-2-4-8-23/h2-4,7-8,10-11,19-20,32H,5-6,9,12-18,21H2,1H3. The van der Waals surface area contributed by atoms with Crippen LogP contribution < -0.4 is 4.74 Å². The summed E-state index contributed by atoms with van der Waals surface area (Å²) in [4.78, 5) is 8.38. The van der Waals surface area contributed by atoms with E-state index < -0.39 is 0 Å². The fraction of sp³-hybridized carbons (Fsp3) is 0.464. The fourth-order valence-electron chi connectivity index (χ4n) is 4.96. The number of rotatable bonds is 11. The van der Waals surface area contributed by atoms with Crippen molar-refractivity contribution >= 4 is 34.3 Å². The predicted octanol–water partition coefficient (Wildman–Crippen LogP) is 6.48. The van der Waals surface area contributed by atoms with Crippen LogP contribution in [0.4, 0.5) is 0 Å². The van der Waals surface area contributed by atoms with E-state index in [1.54, 1.807) is 13.3 Å². The quantitative estimate of drug-likeness (QED) is 0.242. The Kier molecular flexibility index (Phi) is 9.12. The lowest BCUT2D eigenvalue weighted by Gasteiger charge is -2.41. The summed E-state index contributed by atoms with van der Waals surface area (Å²) >= 11 is 8.48. The number of halogens is 1. The van der Waals surface area contributed by atoms with E-state index in [-0.39, 0.29) is 12.0 Å². The first-order valence-corrected chi connectivity index (χ1v) is 13.6. The van der Waals surface area contributed by atoms with Crippen LogP contribution in [-0.4, -0.2) is 54.1 Å². The number of thioether (sulfide) groups is 1. The van der Waals surface area contributed by atoms with Gasteiger partial charge in [-0.05, 0) is 105 Å². The van der Waals surface area contributed by atoms with Crippen molar-refractivity contribution in [1.82, 2.24) is 9.88 Å². The Morgan fingerprint density at radius 2 is 1.91 bits per heavy atom. The third-order valence-electron chi connectivity index (χ3n) is 7.15. The second-order valence-corrected chi connectivity index (χ2v) is 10.9. The van der Waals surface area contributed by atoms with E-state index >= 15 is 0 Å². The highest BCUT2D eigenvalue weighted by Crippen LogP contribution is 2.37. The molecule has 1 aliphatic heterocycles. The molecule has 2 heterocycles. The zero-order chi connectivity index (χ0) is 23.8. The molecule has 1 aromatic heterocycles. The molecular weight excluding hydrogens is 464 g/mol. The summed E-state index contributed by atoms with van der Waals surface area (Å²) in [5, 5.41) is 12.1. The summed E-state index contributed by atoms with van der Waals surface area (Å²) in [5.41, 5.74) is 2.10. The summed E-state index contributed by atoms with van der Waals surface area (Å²) < 4.78 is 5.41. The minimum Gasteiger partial charge on any atom is -0.497 e. The van der Waals surface area contributed by atoms with Crippen molar-refractivity contribution in [3.8, 4) is 5.75 Å². The zero-order valence-corrected chi connectivity index (χ0v) is 21.6. The number of aryl methyl sites for hydroxylation is 1. The Balaban J connectivity index is 1.26. The molecule has 2 aromatic carbocycles. The van der Waals surface area contributed by atoms with Crippen LogP contribution in [0.25, 0.3) is 10.9 Å². The molecule has 0 aliphatic carbocycles. The summed E-state index contributed by atoms with van der Waals surface area (Å²) in [6.45, 7) is 3.56. The van der Waals surface area contributed by atoms with Gasteiger partial charge < -0.3 is 14.7 Å². The van der Waals surface area contributed by atoms with Gasteiger partial charge in [-0.25, -0.2) is 0 Å². The highest BCUT2D eigenvalue weighted by molar-refractivity contribution is 7.99. The highest BCUT2D eigenvalue weighted by Gasteiger charge is 2.33. The molecule has 4 nitrogen and oxygen atoms in total. The van der Waals surface area contributed by atoms with E-state index in [1.807, 2.05) is 30.0 Å². The van der Waals surface area contributed by atoms with Crippen molar-refractivity contribution < 1.29 is 9.84 Å². The van der Waals surface area contributed by atoms with Gasteiger partial charge in [0, 0.05) is 23.1 Å². The lowest BCUT2D eigenvalue weighted by molar-refractivity contribution is 0.0358. The number of aliphatic hydroxyl groups excluding tert-OH is 1. The molecular formula is C28H35ClN2O2S. The molecule has 0 atom stereocenters. The summed E-state index contributed by atoms with van der Waals surface area (Å²) in [6, 6.07) is 16.6. The van der Waals surface area contributed by atoms with Crippen LogP contribution >= 0.6 is 23.4 Å². The van der Waals surface area contributed by atoms with Crippen molar-refractivity contribution in [1.29, 1.82) is 0 Å². The largest absolute Gasteiger partial charge is 0.497 e. The van der Waals surface area contributed by atoms with Crippen molar-refractivity contribution in [2.45, 2.75) is 43.4 Å². The van der Waals surface area contributed by atoms with Crippen molar-refractivity contribution in [2.24, 2.45) is 5.41 Å². The van der Waals surface area contributed by atoms with Gasteiger partial charge in [-0.2, -0.15) is 0 Å². The number of nitrogens with zero attached hydrogens (tertiary/aromatic N) is 2. The Hall–Kier alpha value is -1.79. The topological polar surface area (TPSA) is 45.6 Å². The van der Waals surface area contributed by atoms with Gasteiger partial charge in [0.25, 0.3) is 0 Å². The number of fused-ring (bicyclic) bond motifs is 1. The molecule has 0 spiro atoms. The average Bonchev–Trinajstić information content (AvgIpc) is 2.89. The van der Waals surface area contributed by atoms with E-state index in [9.17, 15) is 5.11 Å². The molecule has 6 heteroatoms. The highest BCUT2D eigenvalue weighted by atomic mass is 35.5. The van der Waals surface area contributed by atoms with Crippen LogP contribution in [0.15, 0.2) is 59.6 Å². The van der Waals surface area contributed by atoms with Crippen LogP contribution in [0.5, 0.6) is 5.75 Å². The lowest BCUT2D eigenvalue weighted by Crippen LogP contribution is -2.42. The molecule has 182 valence electrons. The number of likely N-dealkylation sites (tertiary alicyclic amines) is 1. The molecule has 4 rings (SSSR count). The molecule has 1 N–H and O–H groups in total. The third kappa shape index (κ3) is 6.45. The maximum Gasteiger partial charge on any atom is 0.119 e. The van der Waals surface area contributed by atoms with Crippen molar-refractivity contribution in [3.05, 3.63) is 65.3 Å². The molecule has 1 fully saturated rings. The van der Waals surface area contributed by atoms with Gasteiger partial charge in [0.1, 0.15) is 5.75 Å². The van der Waals surface area contributed by atoms with Gasteiger partial charge >= 0.3 is 0 Å². The number of methoxy groups -OCH3 is 1. The van der Waals surface area contributed by atoms with E-state index in [0.717, 1.165) is 79.7 Å². The van der Waals surface area contributed by atoms with Crippen molar-refractivity contribution in [3.63, 3.8) is 0 Å². The minimum absolute atomic E-state index is 0.0300. The molecule has 0 radical (unpaired) electrons. The smallest absolute Gasteiger partial charge is 0.119 e. The number of benzene rings is 2. The Bertz CT molecular complexity index is 1050. The first-order chi connectivity index (χ1) is 16.6. The molecule has 34 heavy (non-hydrogen) atoms. The van der Waals surface area contributed by atoms with E-state index in [1.165, 1.54) is 11.3 Å². The van der Waals surface area contributed by atoms with E-state index in [4.69, 9.17) is 16.3 Å². The number of aliphatic hydroxyl groups is 1. The maximum atomic E-state index is 10.3. The third-order valence-corrected chi connectivity index (χ3v) is 8.57. The first kappa shape index (κ1) is 25.3. The second-order valence-electron chi connectivity index (χ2n) is 9.34. The Morgan fingerprint density at radius 3 is 2.65 bits per heavy atom. The van der Waals surface area contributed by atoms with Gasteiger partial charge in [-0.15, -0.1) is 11.8 Å². The fourth-order valence-corrected chi connectivity index (χ4v) is 6.06. The van der Waals surface area contributed by atoms with Crippen LogP contribution in [0.3, 0.4) is 0 Å². The molecule has 0 bridgehead atoms. The van der Waals surface area contributed by atoms with Crippen LogP contribution in [0.2, 0.25) is 5.02 Å². The average molecular weight is 499 g/mol. The predicted molar refractivity (Wildman–Crippen MR) is 143 cm³/mol. The van der Waals surface area contributed by atoms with E-state index in [0.29, 0.717) is 5.02 Å². The summed E-state index contributed by atoms with van der Waals surface area (Å²) in [7, 11) is 1.68. The van der Waals surface area contributed by atoms with Crippen LogP contribution in [0.1, 0.15) is 37.7 Å². The van der Waals surface area contributed by atoms with Gasteiger partial charge in [0.2, 0.25) is 0 Å². The normalized spacial score (nSPS) is 16.1. The first-order valence-electron chi connectivity index (χ1n) is 12.2. The summed E-state index contributed by atoms with van der Waals surface area (Å²) in [5.74, 6) is 1.97. The van der Waals surface area contributed by atoms with Crippen LogP contribution in [-0.2, 0) is 6.42 Å². The van der Waals surface area contributed by atoms with E-state index in [2.05, 4.69) is 40.2 Å². The second kappa shape index (κ2) is 12.3. The number of pyridine rings is 1. The lowest BCUT2D eigenvalue weighted by atomic mass is 9.75. The molecule has 0 amide bonds. The number of hydrogen-bond donors (Lipinski definition) is 1. The monoisotopic (exact) mass is 498 g/mol. The molecule has 0 unspecified atom stereocenters. The van der Waals surface area contributed by atoms with Gasteiger partial charge in [0.05, 0.1) is 17.6 Å². The van der Waals surface area contributed by atoms with Gasteiger partial charge in [-0.3, -0.25) is 4.98 Å². The zero-order valence-electron chi connectivity index (χ0n) is 20.0. The maximum absolute atomic E-state index is 10.3. The SMILES string of the molecule is COc1ccc2ncc(Cl)c(CCCC3(CO)CCN(CCCSc4ccccc4)CC3)c2c1. The Labute approximate surface area is 212 Å². The van der Waals surface area contributed by atoms with Crippen LogP contribution in [0, 0.1) is 5.41 Å². The molecule has 3 aromatic rings. The van der Waals surface area contributed by atoms with Crippen molar-refractivity contribution in [2.75, 3.05) is 39.1 Å². The molecule has 0 saturated carbocycles. The number of aromatic nitrogens is 1. The molecule has 1 saturated heterocycles. The van der Waals surface area contributed by atoms with Gasteiger partial charge in [0.15, 0.2) is 0 Å². The van der Waals surface area contributed by atoms with Gasteiger partial charge in [-0.1, -0.05) is 29.8 Å². The number of piperidine rings is 1. The molecule has 1 aliphatic rings. The number of ether oxygens (including phenoxy) is 1.